The zero-order valence-electron chi connectivity index (χ0n) is 14.3. The average molecular weight is 312 g/mol. The summed E-state index contributed by atoms with van der Waals surface area (Å²) >= 11 is 0. The van der Waals surface area contributed by atoms with Crippen LogP contribution in [0, 0.1) is 64.6 Å². The Bertz CT molecular complexity index is 609. The van der Waals surface area contributed by atoms with Crippen molar-refractivity contribution >= 4 is 5.97 Å². The Kier molecular flexibility index (Phi) is 2.38. The van der Waals surface area contributed by atoms with Crippen LogP contribution in [0.5, 0.6) is 0 Å². The first kappa shape index (κ1) is 13.5. The Morgan fingerprint density at radius 1 is 1.04 bits per heavy atom. The Morgan fingerprint density at radius 3 is 2.43 bits per heavy atom. The van der Waals surface area contributed by atoms with Gasteiger partial charge in [0.2, 0.25) is 0 Å². The Balaban J connectivity index is 1.36. The molecule has 0 N–H and O–H groups in total. The van der Waals surface area contributed by atoms with Crippen LogP contribution in [0.2, 0.25) is 0 Å². The smallest absolute Gasteiger partial charge is 0.312 e. The number of allylic oxidation sites excluding steroid dienone is 2. The highest BCUT2D eigenvalue weighted by molar-refractivity contribution is 5.77. The molecule has 6 bridgehead atoms. The molecule has 2 nitrogen and oxygen atoms in total. The topological polar surface area (TPSA) is 26.3 Å². The van der Waals surface area contributed by atoms with Gasteiger partial charge in [-0.25, -0.2) is 0 Å². The second-order valence-electron chi connectivity index (χ2n) is 9.77. The minimum atomic E-state index is -0.171. The van der Waals surface area contributed by atoms with E-state index in [2.05, 4.69) is 19.1 Å². The number of hydrogen-bond donors (Lipinski definition) is 0. The van der Waals surface area contributed by atoms with Crippen LogP contribution in [0.3, 0.4) is 0 Å². The van der Waals surface area contributed by atoms with Crippen molar-refractivity contribution in [2.75, 3.05) is 6.61 Å². The monoisotopic (exact) mass is 312 g/mol. The lowest BCUT2D eigenvalue weighted by molar-refractivity contribution is -0.161. The predicted octanol–water partition coefficient (Wildman–Crippen LogP) is 3.92. The summed E-state index contributed by atoms with van der Waals surface area (Å²) in [6, 6.07) is 0. The standard InChI is InChI=1S/C21H28O2/c1-3-23-20(22)21(2)9-12-7-15(21)19-14-8-13(18(12)19)16-10-4-5-11(6-10)17(14)16/h4-5,10-19H,3,6-9H2,1-2H3. The summed E-state index contributed by atoms with van der Waals surface area (Å²) in [5, 5.41) is 0. The lowest BCUT2D eigenvalue weighted by atomic mass is 9.56. The second kappa shape index (κ2) is 4.06. The second-order valence-corrected chi connectivity index (χ2v) is 9.77. The van der Waals surface area contributed by atoms with E-state index >= 15 is 0 Å². The molecule has 0 aromatic rings. The van der Waals surface area contributed by atoms with Gasteiger partial charge in [-0.1, -0.05) is 12.2 Å². The van der Waals surface area contributed by atoms with Crippen LogP contribution in [0.4, 0.5) is 0 Å². The van der Waals surface area contributed by atoms with Gasteiger partial charge in [0, 0.05) is 0 Å². The summed E-state index contributed by atoms with van der Waals surface area (Å²) in [5.41, 5.74) is -0.171. The van der Waals surface area contributed by atoms with E-state index in [4.69, 9.17) is 4.74 Å². The van der Waals surface area contributed by atoms with Crippen LogP contribution >= 0.6 is 0 Å². The van der Waals surface area contributed by atoms with Crippen LogP contribution in [-0.2, 0) is 9.53 Å². The molecule has 6 aliphatic rings. The molecule has 0 saturated heterocycles. The minimum Gasteiger partial charge on any atom is -0.466 e. The molecule has 0 heterocycles. The molecule has 0 radical (unpaired) electrons. The van der Waals surface area contributed by atoms with Gasteiger partial charge < -0.3 is 4.74 Å². The van der Waals surface area contributed by atoms with Gasteiger partial charge in [0.1, 0.15) is 0 Å². The molecule has 0 aliphatic heterocycles. The average Bonchev–Trinajstić information content (AvgIpc) is 3.31. The number of esters is 1. The molecular weight excluding hydrogens is 284 g/mol. The van der Waals surface area contributed by atoms with Crippen molar-refractivity contribution in [1.29, 1.82) is 0 Å². The van der Waals surface area contributed by atoms with Crippen molar-refractivity contribution in [3.63, 3.8) is 0 Å². The van der Waals surface area contributed by atoms with Crippen molar-refractivity contribution in [1.82, 2.24) is 0 Å². The molecule has 6 aliphatic carbocycles. The van der Waals surface area contributed by atoms with Gasteiger partial charge in [-0.2, -0.15) is 0 Å². The SMILES string of the molecule is CCOC(=O)C1(C)CC2CC1C1C3CC(C4C5C=CC(C5)C34)C21. The lowest BCUT2D eigenvalue weighted by Gasteiger charge is -2.48. The summed E-state index contributed by atoms with van der Waals surface area (Å²) in [4.78, 5) is 12.7. The highest BCUT2D eigenvalue weighted by Gasteiger charge is 2.73. The zero-order chi connectivity index (χ0) is 15.5. The van der Waals surface area contributed by atoms with Gasteiger partial charge in [0.25, 0.3) is 0 Å². The Morgan fingerprint density at radius 2 is 1.74 bits per heavy atom. The molecule has 0 spiro atoms. The maximum Gasteiger partial charge on any atom is 0.312 e. The first-order chi connectivity index (χ1) is 11.1. The lowest BCUT2D eigenvalue weighted by Crippen LogP contribution is -2.47. The highest BCUT2D eigenvalue weighted by Crippen LogP contribution is 2.78. The largest absolute Gasteiger partial charge is 0.466 e. The van der Waals surface area contributed by atoms with Crippen molar-refractivity contribution < 1.29 is 9.53 Å². The molecular formula is C21H28O2. The van der Waals surface area contributed by atoms with Gasteiger partial charge in [0.15, 0.2) is 0 Å². The molecule has 11 unspecified atom stereocenters. The van der Waals surface area contributed by atoms with Crippen LogP contribution in [0.1, 0.15) is 39.5 Å². The van der Waals surface area contributed by atoms with Crippen molar-refractivity contribution in [2.45, 2.75) is 39.5 Å². The van der Waals surface area contributed by atoms with Crippen LogP contribution in [-0.4, -0.2) is 12.6 Å². The number of rotatable bonds is 2. The maximum absolute atomic E-state index is 12.7. The molecule has 5 fully saturated rings. The molecule has 23 heavy (non-hydrogen) atoms. The number of fused-ring (bicyclic) bond motifs is 16. The Labute approximate surface area is 139 Å². The van der Waals surface area contributed by atoms with Crippen molar-refractivity contribution in [3.05, 3.63) is 12.2 Å². The number of carbonyl (C=O) groups excluding carboxylic acids is 1. The van der Waals surface area contributed by atoms with Gasteiger partial charge >= 0.3 is 5.97 Å². The first-order valence-electron chi connectivity index (χ1n) is 9.99. The molecule has 5 saturated carbocycles. The van der Waals surface area contributed by atoms with E-state index in [1.807, 2.05) is 6.92 Å². The van der Waals surface area contributed by atoms with Crippen LogP contribution in [0.25, 0.3) is 0 Å². The van der Waals surface area contributed by atoms with E-state index in [1.165, 1.54) is 19.3 Å². The zero-order valence-corrected chi connectivity index (χ0v) is 14.3. The maximum atomic E-state index is 12.7. The van der Waals surface area contributed by atoms with E-state index in [0.717, 1.165) is 59.7 Å². The fourth-order valence-corrected chi connectivity index (χ4v) is 9.13. The van der Waals surface area contributed by atoms with Crippen LogP contribution in [0.15, 0.2) is 12.2 Å². The van der Waals surface area contributed by atoms with E-state index in [1.54, 1.807) is 0 Å². The fraction of sp³-hybridized carbons (Fsp3) is 0.857. The van der Waals surface area contributed by atoms with Crippen molar-refractivity contribution in [2.24, 2.45) is 64.6 Å². The van der Waals surface area contributed by atoms with E-state index in [-0.39, 0.29) is 11.4 Å². The quantitative estimate of drug-likeness (QED) is 0.439. The molecule has 0 amide bonds. The first-order valence-corrected chi connectivity index (χ1v) is 9.99. The van der Waals surface area contributed by atoms with E-state index in [0.29, 0.717) is 12.5 Å². The summed E-state index contributed by atoms with van der Waals surface area (Å²) in [5.74, 6) is 9.07. The summed E-state index contributed by atoms with van der Waals surface area (Å²) in [6.45, 7) is 4.71. The third kappa shape index (κ3) is 1.35. The molecule has 0 aromatic carbocycles. The molecule has 0 aromatic heterocycles. The molecule has 2 heteroatoms. The van der Waals surface area contributed by atoms with E-state index < -0.39 is 0 Å². The summed E-state index contributed by atoms with van der Waals surface area (Å²) in [7, 11) is 0. The Hall–Kier alpha value is -0.790. The minimum absolute atomic E-state index is 0.109. The predicted molar refractivity (Wildman–Crippen MR) is 87.2 cm³/mol. The molecule has 6 rings (SSSR count). The summed E-state index contributed by atoms with van der Waals surface area (Å²) < 4.78 is 5.50. The fourth-order valence-electron chi connectivity index (χ4n) is 9.13. The number of ether oxygens (including phenoxy) is 1. The van der Waals surface area contributed by atoms with E-state index in [9.17, 15) is 4.79 Å². The van der Waals surface area contributed by atoms with Gasteiger partial charge in [-0.15, -0.1) is 0 Å². The normalized spacial score (nSPS) is 62.9. The number of hydrogen-bond acceptors (Lipinski definition) is 2. The van der Waals surface area contributed by atoms with Crippen LogP contribution < -0.4 is 0 Å². The molecule has 124 valence electrons. The highest BCUT2D eigenvalue weighted by atomic mass is 16.5. The molecule has 11 atom stereocenters. The number of carbonyl (C=O) groups is 1. The third-order valence-electron chi connectivity index (χ3n) is 9.36. The van der Waals surface area contributed by atoms with Gasteiger partial charge in [0.05, 0.1) is 12.0 Å². The van der Waals surface area contributed by atoms with Gasteiger partial charge in [-0.3, -0.25) is 4.79 Å². The van der Waals surface area contributed by atoms with Gasteiger partial charge in [-0.05, 0) is 98.7 Å². The summed E-state index contributed by atoms with van der Waals surface area (Å²) in [6.07, 6.45) is 10.5. The third-order valence-corrected chi connectivity index (χ3v) is 9.36. The van der Waals surface area contributed by atoms with Crippen molar-refractivity contribution in [3.8, 4) is 0 Å².